The Morgan fingerprint density at radius 1 is 1.25 bits per heavy atom. The molecule has 0 fully saturated rings. The average molecular weight is 166 g/mol. The van der Waals surface area contributed by atoms with E-state index >= 15 is 0 Å². The minimum Gasteiger partial charge on any atom is -0.334 e. The van der Waals surface area contributed by atoms with Crippen LogP contribution in [0, 0.1) is 0 Å². The van der Waals surface area contributed by atoms with Gasteiger partial charge in [0.25, 0.3) is 0 Å². The summed E-state index contributed by atoms with van der Waals surface area (Å²) in [5, 5.41) is 0. The van der Waals surface area contributed by atoms with Crippen LogP contribution in [0.15, 0.2) is 18.7 Å². The third kappa shape index (κ3) is 2.36. The van der Waals surface area contributed by atoms with E-state index < -0.39 is 0 Å². The molecule has 0 saturated carbocycles. The van der Waals surface area contributed by atoms with Crippen molar-refractivity contribution in [2.24, 2.45) is 0 Å². The second-order valence-electron chi connectivity index (χ2n) is 3.24. The quantitative estimate of drug-likeness (QED) is 0.657. The van der Waals surface area contributed by atoms with Gasteiger partial charge in [-0.1, -0.05) is 26.7 Å². The lowest BCUT2D eigenvalue weighted by atomic mass is 10.1. The maximum atomic E-state index is 4.07. The monoisotopic (exact) mass is 166 g/mol. The highest BCUT2D eigenvalue weighted by molar-refractivity contribution is 4.80. The summed E-state index contributed by atoms with van der Waals surface area (Å²) in [5.41, 5.74) is 0. The van der Waals surface area contributed by atoms with Gasteiger partial charge in [0.1, 0.15) is 0 Å². The molecule has 1 aromatic rings. The summed E-state index contributed by atoms with van der Waals surface area (Å²) in [6, 6.07) is 0.669. The zero-order chi connectivity index (χ0) is 8.81. The summed E-state index contributed by atoms with van der Waals surface area (Å²) < 4.78 is 2.23. The van der Waals surface area contributed by atoms with Crippen molar-refractivity contribution < 1.29 is 0 Å². The minimum absolute atomic E-state index is 0.669. The summed E-state index contributed by atoms with van der Waals surface area (Å²) in [4.78, 5) is 4.07. The first-order valence-electron chi connectivity index (χ1n) is 4.86. The van der Waals surface area contributed by atoms with E-state index in [0.29, 0.717) is 6.04 Å². The second-order valence-corrected chi connectivity index (χ2v) is 3.24. The first kappa shape index (κ1) is 9.30. The smallest absolute Gasteiger partial charge is 0.0948 e. The molecule has 0 radical (unpaired) electrons. The lowest BCUT2D eigenvalue weighted by Gasteiger charge is -2.16. The Hall–Kier alpha value is -0.790. The Kier molecular flexibility index (Phi) is 3.85. The van der Waals surface area contributed by atoms with Crippen molar-refractivity contribution in [3.8, 4) is 0 Å². The fourth-order valence-electron chi connectivity index (χ4n) is 1.59. The van der Waals surface area contributed by atoms with Crippen LogP contribution in [0.4, 0.5) is 0 Å². The summed E-state index contributed by atoms with van der Waals surface area (Å²) in [6.45, 7) is 4.47. The standard InChI is InChI=1S/C10H18N2/c1-3-5-10(6-4-2)12-8-7-11-9-12/h7-10H,3-6H2,1-2H3. The number of hydrogen-bond donors (Lipinski definition) is 0. The molecule has 12 heavy (non-hydrogen) atoms. The van der Waals surface area contributed by atoms with Gasteiger partial charge in [0.05, 0.1) is 6.33 Å². The zero-order valence-corrected chi connectivity index (χ0v) is 8.03. The molecule has 1 rings (SSSR count). The predicted octanol–water partition coefficient (Wildman–Crippen LogP) is 3.02. The molecule has 0 aliphatic rings. The van der Waals surface area contributed by atoms with Crippen LogP contribution in [0.2, 0.25) is 0 Å². The first-order chi connectivity index (χ1) is 5.88. The van der Waals surface area contributed by atoms with Crippen LogP contribution < -0.4 is 0 Å². The highest BCUT2D eigenvalue weighted by Gasteiger charge is 2.06. The average Bonchev–Trinajstić information content (AvgIpc) is 2.56. The van der Waals surface area contributed by atoms with Gasteiger partial charge >= 0.3 is 0 Å². The van der Waals surface area contributed by atoms with Gasteiger partial charge in [-0.2, -0.15) is 0 Å². The molecule has 0 bridgehead atoms. The molecular weight excluding hydrogens is 148 g/mol. The highest BCUT2D eigenvalue weighted by atomic mass is 15.0. The van der Waals surface area contributed by atoms with Gasteiger partial charge in [-0.05, 0) is 12.8 Å². The van der Waals surface area contributed by atoms with Crippen LogP contribution in [-0.2, 0) is 0 Å². The highest BCUT2D eigenvalue weighted by Crippen LogP contribution is 2.18. The van der Waals surface area contributed by atoms with Gasteiger partial charge in [0.2, 0.25) is 0 Å². The lowest BCUT2D eigenvalue weighted by Crippen LogP contribution is -2.06. The zero-order valence-electron chi connectivity index (χ0n) is 8.03. The van der Waals surface area contributed by atoms with Crippen molar-refractivity contribution >= 4 is 0 Å². The van der Waals surface area contributed by atoms with Crippen LogP contribution in [0.1, 0.15) is 45.6 Å². The van der Waals surface area contributed by atoms with E-state index in [1.807, 2.05) is 12.5 Å². The van der Waals surface area contributed by atoms with E-state index in [9.17, 15) is 0 Å². The van der Waals surface area contributed by atoms with Gasteiger partial charge in [-0.25, -0.2) is 4.98 Å². The Labute approximate surface area is 74.6 Å². The largest absolute Gasteiger partial charge is 0.334 e. The second kappa shape index (κ2) is 4.96. The molecule has 0 amide bonds. The first-order valence-corrected chi connectivity index (χ1v) is 4.86. The normalized spacial score (nSPS) is 10.9. The van der Waals surface area contributed by atoms with Gasteiger partial charge in [-0.15, -0.1) is 0 Å². The van der Waals surface area contributed by atoms with Gasteiger partial charge in [0, 0.05) is 18.4 Å². The maximum Gasteiger partial charge on any atom is 0.0948 e. The van der Waals surface area contributed by atoms with Gasteiger partial charge in [0.15, 0.2) is 0 Å². The van der Waals surface area contributed by atoms with Crippen molar-refractivity contribution in [1.29, 1.82) is 0 Å². The minimum atomic E-state index is 0.669. The van der Waals surface area contributed by atoms with Crippen LogP contribution >= 0.6 is 0 Å². The van der Waals surface area contributed by atoms with Crippen molar-refractivity contribution in [2.45, 2.75) is 45.6 Å². The molecule has 0 aliphatic heterocycles. The molecule has 68 valence electrons. The van der Waals surface area contributed by atoms with Crippen LogP contribution in [0.25, 0.3) is 0 Å². The molecule has 0 spiro atoms. The molecule has 0 saturated heterocycles. The number of nitrogens with zero attached hydrogens (tertiary/aromatic N) is 2. The molecule has 0 aromatic carbocycles. The van der Waals surface area contributed by atoms with E-state index in [1.54, 1.807) is 0 Å². The molecule has 0 atom stereocenters. The Bertz CT molecular complexity index is 186. The number of rotatable bonds is 5. The van der Waals surface area contributed by atoms with Crippen molar-refractivity contribution in [1.82, 2.24) is 9.55 Å². The van der Waals surface area contributed by atoms with Crippen molar-refractivity contribution in [3.05, 3.63) is 18.7 Å². The molecule has 2 heteroatoms. The molecule has 0 N–H and O–H groups in total. The predicted molar refractivity (Wildman–Crippen MR) is 51.1 cm³/mol. The number of hydrogen-bond acceptors (Lipinski definition) is 1. The van der Waals surface area contributed by atoms with E-state index in [4.69, 9.17) is 0 Å². The molecule has 2 nitrogen and oxygen atoms in total. The Morgan fingerprint density at radius 3 is 2.33 bits per heavy atom. The van der Waals surface area contributed by atoms with Crippen molar-refractivity contribution in [3.63, 3.8) is 0 Å². The van der Waals surface area contributed by atoms with E-state index in [2.05, 4.69) is 29.6 Å². The molecular formula is C10H18N2. The fourth-order valence-corrected chi connectivity index (χ4v) is 1.59. The van der Waals surface area contributed by atoms with Crippen molar-refractivity contribution in [2.75, 3.05) is 0 Å². The number of imidazole rings is 1. The maximum absolute atomic E-state index is 4.07. The summed E-state index contributed by atoms with van der Waals surface area (Å²) >= 11 is 0. The lowest BCUT2D eigenvalue weighted by molar-refractivity contribution is 0.426. The Morgan fingerprint density at radius 2 is 1.92 bits per heavy atom. The molecule has 0 aliphatic carbocycles. The summed E-state index contributed by atoms with van der Waals surface area (Å²) in [6.07, 6.45) is 10.9. The van der Waals surface area contributed by atoms with Gasteiger partial charge < -0.3 is 4.57 Å². The topological polar surface area (TPSA) is 17.8 Å². The summed E-state index contributed by atoms with van der Waals surface area (Å²) in [7, 11) is 0. The van der Waals surface area contributed by atoms with E-state index in [-0.39, 0.29) is 0 Å². The SMILES string of the molecule is CCCC(CCC)n1ccnc1. The molecule has 0 unspecified atom stereocenters. The summed E-state index contributed by atoms with van der Waals surface area (Å²) in [5.74, 6) is 0. The molecule has 1 heterocycles. The van der Waals surface area contributed by atoms with E-state index in [0.717, 1.165) is 0 Å². The van der Waals surface area contributed by atoms with Crippen LogP contribution in [0.5, 0.6) is 0 Å². The van der Waals surface area contributed by atoms with E-state index in [1.165, 1.54) is 25.7 Å². The fraction of sp³-hybridized carbons (Fsp3) is 0.700. The van der Waals surface area contributed by atoms with Gasteiger partial charge in [-0.3, -0.25) is 0 Å². The van der Waals surface area contributed by atoms with Crippen LogP contribution in [0.3, 0.4) is 0 Å². The Balaban J connectivity index is 2.53. The molecule has 1 aromatic heterocycles. The van der Waals surface area contributed by atoms with Crippen LogP contribution in [-0.4, -0.2) is 9.55 Å². The third-order valence-corrected chi connectivity index (χ3v) is 2.19. The number of aromatic nitrogens is 2. The third-order valence-electron chi connectivity index (χ3n) is 2.19.